The highest BCUT2D eigenvalue weighted by Crippen LogP contribution is 2.40. The summed E-state index contributed by atoms with van der Waals surface area (Å²) in [4.78, 5) is 12.3. The van der Waals surface area contributed by atoms with E-state index in [-0.39, 0.29) is 25.2 Å². The Kier molecular flexibility index (Phi) is 4.95. The molecule has 0 bridgehead atoms. The molecule has 1 aromatic rings. The van der Waals surface area contributed by atoms with Gasteiger partial charge in [-0.15, -0.1) is 0 Å². The Labute approximate surface area is 144 Å². The predicted molar refractivity (Wildman–Crippen MR) is 85.7 cm³/mol. The van der Waals surface area contributed by atoms with E-state index in [2.05, 4.69) is 15.7 Å². The molecule has 0 aromatic carbocycles. The number of carbonyl (C=O) groups excluding carboxylic acids is 1. The number of alkyl halides is 3. The molecule has 1 aromatic heterocycles. The van der Waals surface area contributed by atoms with Crippen molar-refractivity contribution in [1.29, 1.82) is 0 Å². The molecule has 1 amide bonds. The van der Waals surface area contributed by atoms with Crippen molar-refractivity contribution in [3.63, 3.8) is 0 Å². The fourth-order valence-corrected chi connectivity index (χ4v) is 3.13. The molecule has 2 rings (SSSR count). The molecule has 7 nitrogen and oxygen atoms in total. The Balaban J connectivity index is 2.40. The van der Waals surface area contributed by atoms with Crippen LogP contribution < -0.4 is 16.4 Å². The van der Waals surface area contributed by atoms with E-state index in [1.165, 1.54) is 10.9 Å². The van der Waals surface area contributed by atoms with E-state index in [9.17, 15) is 18.0 Å². The van der Waals surface area contributed by atoms with Crippen molar-refractivity contribution in [2.45, 2.75) is 44.5 Å². The number of nitrogen functional groups attached to an aromatic ring is 1. The number of nitrogens with two attached hydrogens (primary N) is 1. The standard InChI is InChI=1S/C15H24F3N5O2/c1-13(2,3)25-12(24)22-14(11-10(19)7-21-23(11)4)5-9(6-20-8-14)15(16,17)18/h7,9,20H,5-6,8,19H2,1-4H3,(H,22,24)/t9-,14+/m1/s1. The van der Waals surface area contributed by atoms with E-state index >= 15 is 0 Å². The van der Waals surface area contributed by atoms with Gasteiger partial charge in [0.2, 0.25) is 0 Å². The summed E-state index contributed by atoms with van der Waals surface area (Å²) < 4.78 is 46.5. The molecule has 1 aliphatic rings. The number of aromatic nitrogens is 2. The van der Waals surface area contributed by atoms with E-state index in [0.717, 1.165) is 0 Å². The van der Waals surface area contributed by atoms with E-state index in [4.69, 9.17) is 10.5 Å². The third-order valence-electron chi connectivity index (χ3n) is 4.04. The molecule has 2 atom stereocenters. The first-order chi connectivity index (χ1) is 11.3. The lowest BCUT2D eigenvalue weighted by molar-refractivity contribution is -0.184. The van der Waals surface area contributed by atoms with Crippen LogP contribution >= 0.6 is 0 Å². The summed E-state index contributed by atoms with van der Waals surface area (Å²) in [5.74, 6) is -1.63. The summed E-state index contributed by atoms with van der Waals surface area (Å²) in [6.07, 6.45) is -4.21. The van der Waals surface area contributed by atoms with Gasteiger partial charge in [0, 0.05) is 20.1 Å². The molecule has 4 N–H and O–H groups in total. The second-order valence-electron chi connectivity index (χ2n) is 7.35. The molecule has 0 spiro atoms. The lowest BCUT2D eigenvalue weighted by Crippen LogP contribution is -2.60. The first-order valence-electron chi connectivity index (χ1n) is 7.91. The molecular formula is C15H24F3N5O2. The van der Waals surface area contributed by atoms with Gasteiger partial charge in [0.15, 0.2) is 0 Å². The summed E-state index contributed by atoms with van der Waals surface area (Å²) in [5.41, 5.74) is 4.30. The van der Waals surface area contributed by atoms with Crippen LogP contribution in [0.2, 0.25) is 0 Å². The summed E-state index contributed by atoms with van der Waals surface area (Å²) in [7, 11) is 1.57. The van der Waals surface area contributed by atoms with Crippen molar-refractivity contribution in [3.8, 4) is 0 Å². The second-order valence-corrected chi connectivity index (χ2v) is 7.35. The van der Waals surface area contributed by atoms with E-state index in [1.807, 2.05) is 0 Å². The molecule has 0 saturated carbocycles. The number of nitrogens with zero attached hydrogens (tertiary/aromatic N) is 2. The molecule has 1 fully saturated rings. The van der Waals surface area contributed by atoms with Gasteiger partial charge in [0.1, 0.15) is 11.1 Å². The van der Waals surface area contributed by atoms with Gasteiger partial charge < -0.3 is 21.1 Å². The van der Waals surface area contributed by atoms with Gasteiger partial charge in [0.05, 0.1) is 23.5 Å². The van der Waals surface area contributed by atoms with Crippen LogP contribution in [0.1, 0.15) is 32.9 Å². The van der Waals surface area contributed by atoms with Gasteiger partial charge in [-0.3, -0.25) is 4.68 Å². The number of alkyl carbamates (subject to hydrolysis) is 1. The largest absolute Gasteiger partial charge is 0.444 e. The first-order valence-corrected chi connectivity index (χ1v) is 7.91. The lowest BCUT2D eigenvalue weighted by Gasteiger charge is -2.42. The molecule has 1 aliphatic heterocycles. The van der Waals surface area contributed by atoms with Crippen molar-refractivity contribution in [2.75, 3.05) is 18.8 Å². The third-order valence-corrected chi connectivity index (χ3v) is 4.04. The van der Waals surface area contributed by atoms with E-state index < -0.39 is 29.3 Å². The van der Waals surface area contributed by atoms with Crippen LogP contribution in [-0.4, -0.2) is 40.7 Å². The van der Waals surface area contributed by atoms with E-state index in [0.29, 0.717) is 5.69 Å². The van der Waals surface area contributed by atoms with Crippen LogP contribution in [0.5, 0.6) is 0 Å². The molecule has 25 heavy (non-hydrogen) atoms. The van der Waals surface area contributed by atoms with Crippen molar-refractivity contribution >= 4 is 11.8 Å². The zero-order valence-electron chi connectivity index (χ0n) is 14.7. The fourth-order valence-electron chi connectivity index (χ4n) is 3.13. The Morgan fingerprint density at radius 3 is 2.60 bits per heavy atom. The van der Waals surface area contributed by atoms with E-state index in [1.54, 1.807) is 27.8 Å². The minimum Gasteiger partial charge on any atom is -0.444 e. The zero-order chi connectivity index (χ0) is 19.0. The topological polar surface area (TPSA) is 94.2 Å². The van der Waals surface area contributed by atoms with Crippen LogP contribution in [0.3, 0.4) is 0 Å². The number of aryl methyl sites for hydroxylation is 1. The quantitative estimate of drug-likeness (QED) is 0.746. The van der Waals surface area contributed by atoms with Crippen LogP contribution in [0, 0.1) is 5.92 Å². The first kappa shape index (κ1) is 19.4. The second kappa shape index (κ2) is 6.40. The molecule has 0 aliphatic carbocycles. The molecule has 0 radical (unpaired) electrons. The zero-order valence-corrected chi connectivity index (χ0v) is 14.7. The van der Waals surface area contributed by atoms with Gasteiger partial charge in [-0.25, -0.2) is 4.79 Å². The molecule has 1 saturated heterocycles. The van der Waals surface area contributed by atoms with Crippen molar-refractivity contribution in [3.05, 3.63) is 11.9 Å². The smallest absolute Gasteiger partial charge is 0.408 e. The van der Waals surface area contributed by atoms with Crippen molar-refractivity contribution in [2.24, 2.45) is 13.0 Å². The number of nitrogens with one attached hydrogen (secondary N) is 2. The van der Waals surface area contributed by atoms with Crippen LogP contribution in [0.25, 0.3) is 0 Å². The summed E-state index contributed by atoms with van der Waals surface area (Å²) in [6.45, 7) is 4.89. The fraction of sp³-hybridized carbons (Fsp3) is 0.733. The monoisotopic (exact) mass is 363 g/mol. The van der Waals surface area contributed by atoms with Crippen LogP contribution in [0.15, 0.2) is 6.20 Å². The normalized spacial score (nSPS) is 24.8. The SMILES string of the molecule is Cn1ncc(N)c1[C@@]1(NC(=O)OC(C)(C)C)CNC[C@H](C(F)(F)F)C1. The Bertz CT molecular complexity index is 619. The number of piperidine rings is 1. The predicted octanol–water partition coefficient (Wildman–Crippen LogP) is 1.89. The number of amides is 1. The molecule has 10 heteroatoms. The Morgan fingerprint density at radius 2 is 2.12 bits per heavy atom. The number of hydrogen-bond donors (Lipinski definition) is 3. The van der Waals surface area contributed by atoms with Crippen LogP contribution in [0.4, 0.5) is 23.7 Å². The summed E-state index contributed by atoms with van der Waals surface area (Å²) >= 11 is 0. The highest BCUT2D eigenvalue weighted by atomic mass is 19.4. The molecule has 142 valence electrons. The van der Waals surface area contributed by atoms with Crippen LogP contribution in [-0.2, 0) is 17.3 Å². The number of ether oxygens (including phenoxy) is 1. The number of halogens is 3. The molecule has 0 unspecified atom stereocenters. The van der Waals surface area contributed by atoms with Crippen molar-refractivity contribution in [1.82, 2.24) is 20.4 Å². The minimum absolute atomic E-state index is 0.0859. The Morgan fingerprint density at radius 1 is 1.48 bits per heavy atom. The van der Waals surface area contributed by atoms with Gasteiger partial charge in [-0.2, -0.15) is 18.3 Å². The molecular weight excluding hydrogens is 339 g/mol. The highest BCUT2D eigenvalue weighted by Gasteiger charge is 2.51. The maximum absolute atomic E-state index is 13.3. The van der Waals surface area contributed by atoms with Crippen molar-refractivity contribution < 1.29 is 22.7 Å². The number of hydrogen-bond acceptors (Lipinski definition) is 5. The number of rotatable bonds is 2. The number of carbonyl (C=O) groups is 1. The maximum atomic E-state index is 13.3. The summed E-state index contributed by atoms with van der Waals surface area (Å²) in [6, 6.07) is 0. The number of anilines is 1. The summed E-state index contributed by atoms with van der Waals surface area (Å²) in [5, 5.41) is 9.36. The highest BCUT2D eigenvalue weighted by molar-refractivity contribution is 5.70. The average Bonchev–Trinajstić information content (AvgIpc) is 2.75. The van der Waals surface area contributed by atoms with Gasteiger partial charge in [-0.1, -0.05) is 0 Å². The Hall–Kier alpha value is -1.97. The third kappa shape index (κ3) is 4.36. The van der Waals surface area contributed by atoms with Gasteiger partial charge in [-0.05, 0) is 27.2 Å². The minimum atomic E-state index is -4.40. The molecule has 2 heterocycles. The van der Waals surface area contributed by atoms with Gasteiger partial charge >= 0.3 is 12.3 Å². The lowest BCUT2D eigenvalue weighted by atomic mass is 9.80. The van der Waals surface area contributed by atoms with Gasteiger partial charge in [0.25, 0.3) is 0 Å². The maximum Gasteiger partial charge on any atom is 0.408 e. The average molecular weight is 363 g/mol.